The van der Waals surface area contributed by atoms with E-state index in [0.717, 1.165) is 0 Å². The van der Waals surface area contributed by atoms with E-state index < -0.39 is 0 Å². The van der Waals surface area contributed by atoms with Gasteiger partial charge in [-0.3, -0.25) is 5.43 Å². The second-order valence-electron chi connectivity index (χ2n) is 4.79. The number of rotatable bonds is 4. The highest BCUT2D eigenvalue weighted by atomic mass is 35.5. The zero-order chi connectivity index (χ0) is 17.1. The summed E-state index contributed by atoms with van der Waals surface area (Å²) in [6.45, 7) is 1.80. The van der Waals surface area contributed by atoms with Gasteiger partial charge in [0, 0.05) is 0 Å². The molecule has 6 nitrogen and oxygen atoms in total. The van der Waals surface area contributed by atoms with Crippen LogP contribution in [0.2, 0.25) is 10.3 Å². The number of anilines is 1. The average Bonchev–Trinajstić information content (AvgIpc) is 2.85. The lowest BCUT2D eigenvalue weighted by atomic mass is 10.3. The standard InChI is InChI=1S/C15H11Cl2FN6/c1-9-12(8-19-21-14-7-6-13(16)20-22-14)15(17)24(23-9)11-4-2-10(18)3-5-11/h2-8H,1H3,(H,21,22). The van der Waals surface area contributed by atoms with Crippen LogP contribution in [0.1, 0.15) is 11.3 Å². The number of hydrogen-bond acceptors (Lipinski definition) is 5. The van der Waals surface area contributed by atoms with Gasteiger partial charge in [-0.2, -0.15) is 10.2 Å². The minimum atomic E-state index is -0.325. The van der Waals surface area contributed by atoms with Crippen LogP contribution in [0.15, 0.2) is 41.5 Å². The molecule has 122 valence electrons. The molecule has 3 rings (SSSR count). The molecule has 0 amide bonds. The van der Waals surface area contributed by atoms with Gasteiger partial charge in [0.05, 0.1) is 23.2 Å². The Morgan fingerprint density at radius 2 is 1.88 bits per heavy atom. The molecule has 1 aromatic carbocycles. The van der Waals surface area contributed by atoms with Crippen LogP contribution in [0.3, 0.4) is 0 Å². The Morgan fingerprint density at radius 3 is 2.54 bits per heavy atom. The minimum absolute atomic E-state index is 0.295. The Balaban J connectivity index is 1.82. The van der Waals surface area contributed by atoms with Gasteiger partial charge < -0.3 is 0 Å². The molecule has 1 N–H and O–H groups in total. The number of hydrazone groups is 1. The van der Waals surface area contributed by atoms with E-state index in [4.69, 9.17) is 23.2 Å². The smallest absolute Gasteiger partial charge is 0.168 e. The van der Waals surface area contributed by atoms with Crippen molar-refractivity contribution in [2.45, 2.75) is 6.92 Å². The van der Waals surface area contributed by atoms with Gasteiger partial charge >= 0.3 is 0 Å². The fourth-order valence-corrected chi connectivity index (χ4v) is 2.37. The second kappa shape index (κ2) is 6.94. The van der Waals surface area contributed by atoms with Crippen molar-refractivity contribution in [3.05, 3.63) is 63.8 Å². The summed E-state index contributed by atoms with van der Waals surface area (Å²) in [6.07, 6.45) is 1.53. The fraction of sp³-hybridized carbons (Fsp3) is 0.0667. The van der Waals surface area contributed by atoms with E-state index in [9.17, 15) is 4.39 Å². The lowest BCUT2D eigenvalue weighted by Gasteiger charge is -2.02. The molecule has 2 aromatic heterocycles. The first-order valence-electron chi connectivity index (χ1n) is 6.84. The Hall–Kier alpha value is -2.51. The van der Waals surface area contributed by atoms with Crippen LogP contribution >= 0.6 is 23.2 Å². The summed E-state index contributed by atoms with van der Waals surface area (Å²) in [7, 11) is 0. The molecule has 24 heavy (non-hydrogen) atoms. The van der Waals surface area contributed by atoms with Crippen LogP contribution in [0.25, 0.3) is 5.69 Å². The molecule has 3 aromatic rings. The van der Waals surface area contributed by atoms with Crippen molar-refractivity contribution in [1.29, 1.82) is 0 Å². The Kier molecular flexibility index (Phi) is 4.73. The maximum atomic E-state index is 13.0. The zero-order valence-corrected chi connectivity index (χ0v) is 13.9. The third kappa shape index (κ3) is 3.52. The average molecular weight is 365 g/mol. The molecule has 0 atom stereocenters. The van der Waals surface area contributed by atoms with Crippen molar-refractivity contribution >= 4 is 35.2 Å². The van der Waals surface area contributed by atoms with Crippen LogP contribution in [0, 0.1) is 12.7 Å². The summed E-state index contributed by atoms with van der Waals surface area (Å²) in [5.74, 6) is 0.115. The van der Waals surface area contributed by atoms with Crippen molar-refractivity contribution in [2.75, 3.05) is 5.43 Å². The summed E-state index contributed by atoms with van der Waals surface area (Å²) in [5, 5.41) is 16.6. The number of hydrogen-bond donors (Lipinski definition) is 1. The van der Waals surface area contributed by atoms with Gasteiger partial charge in [-0.05, 0) is 43.3 Å². The monoisotopic (exact) mass is 364 g/mol. The first kappa shape index (κ1) is 16.4. The highest BCUT2D eigenvalue weighted by Crippen LogP contribution is 2.22. The van der Waals surface area contributed by atoms with Gasteiger partial charge in [0.2, 0.25) is 0 Å². The van der Waals surface area contributed by atoms with E-state index >= 15 is 0 Å². The molecule has 0 aliphatic heterocycles. The largest absolute Gasteiger partial charge is 0.260 e. The third-order valence-corrected chi connectivity index (χ3v) is 3.69. The first-order valence-corrected chi connectivity index (χ1v) is 7.59. The Morgan fingerprint density at radius 1 is 1.12 bits per heavy atom. The third-order valence-electron chi connectivity index (χ3n) is 3.12. The van der Waals surface area contributed by atoms with Crippen LogP contribution in [-0.4, -0.2) is 26.2 Å². The maximum Gasteiger partial charge on any atom is 0.168 e. The van der Waals surface area contributed by atoms with Gasteiger partial charge in [0.1, 0.15) is 11.0 Å². The molecule has 2 heterocycles. The Bertz CT molecular complexity index is 874. The number of aryl methyl sites for hydroxylation is 1. The molecule has 0 aliphatic carbocycles. The summed E-state index contributed by atoms with van der Waals surface area (Å²) in [5.41, 5.74) is 4.69. The molecule has 9 heteroatoms. The zero-order valence-electron chi connectivity index (χ0n) is 12.4. The van der Waals surface area contributed by atoms with Crippen molar-refractivity contribution < 1.29 is 4.39 Å². The van der Waals surface area contributed by atoms with Gasteiger partial charge in [0.15, 0.2) is 11.0 Å². The lowest BCUT2D eigenvalue weighted by molar-refractivity contribution is 0.627. The number of halogens is 3. The van der Waals surface area contributed by atoms with Crippen LogP contribution < -0.4 is 5.43 Å². The molecule has 0 aliphatic rings. The lowest BCUT2D eigenvalue weighted by Crippen LogP contribution is -1.97. The summed E-state index contributed by atoms with van der Waals surface area (Å²) >= 11 is 12.0. The molecular weight excluding hydrogens is 354 g/mol. The van der Waals surface area contributed by atoms with E-state index in [1.807, 2.05) is 0 Å². The highest BCUT2D eigenvalue weighted by molar-refractivity contribution is 6.32. The molecule has 0 spiro atoms. The molecular formula is C15H11Cl2FN6. The van der Waals surface area contributed by atoms with Crippen LogP contribution in [0.5, 0.6) is 0 Å². The SMILES string of the molecule is Cc1nn(-c2ccc(F)cc2)c(Cl)c1C=NNc1ccc(Cl)nn1. The van der Waals surface area contributed by atoms with E-state index in [-0.39, 0.29) is 5.82 Å². The van der Waals surface area contributed by atoms with Crippen molar-refractivity contribution in [3.63, 3.8) is 0 Å². The minimum Gasteiger partial charge on any atom is -0.260 e. The van der Waals surface area contributed by atoms with Crippen LogP contribution in [-0.2, 0) is 0 Å². The topological polar surface area (TPSA) is 68.0 Å². The van der Waals surface area contributed by atoms with E-state index in [0.29, 0.717) is 33.1 Å². The van der Waals surface area contributed by atoms with Gasteiger partial charge in [0.25, 0.3) is 0 Å². The first-order chi connectivity index (χ1) is 11.5. The predicted molar refractivity (Wildman–Crippen MR) is 91.5 cm³/mol. The molecule has 0 fully saturated rings. The summed E-state index contributed by atoms with van der Waals surface area (Å²) in [4.78, 5) is 0. The van der Waals surface area contributed by atoms with Gasteiger partial charge in [-0.25, -0.2) is 9.07 Å². The summed E-state index contributed by atoms with van der Waals surface area (Å²) < 4.78 is 14.5. The normalized spacial score (nSPS) is 11.2. The molecule has 0 bridgehead atoms. The maximum absolute atomic E-state index is 13.0. The van der Waals surface area contributed by atoms with Crippen molar-refractivity contribution in [2.24, 2.45) is 5.10 Å². The molecule has 0 unspecified atom stereocenters. The quantitative estimate of drug-likeness (QED) is 0.563. The number of benzene rings is 1. The van der Waals surface area contributed by atoms with Crippen LogP contribution in [0.4, 0.5) is 10.2 Å². The fourth-order valence-electron chi connectivity index (χ4n) is 1.95. The van der Waals surface area contributed by atoms with E-state index in [1.165, 1.54) is 23.0 Å². The molecule has 0 saturated heterocycles. The molecule has 0 saturated carbocycles. The van der Waals surface area contributed by atoms with Gasteiger partial charge in [-0.15, -0.1) is 10.2 Å². The summed E-state index contributed by atoms with van der Waals surface area (Å²) in [6, 6.07) is 9.11. The van der Waals surface area contributed by atoms with Gasteiger partial charge in [-0.1, -0.05) is 23.2 Å². The van der Waals surface area contributed by atoms with Crippen molar-refractivity contribution in [1.82, 2.24) is 20.0 Å². The van der Waals surface area contributed by atoms with Crippen molar-refractivity contribution in [3.8, 4) is 5.69 Å². The van der Waals surface area contributed by atoms with E-state index in [2.05, 4.69) is 25.8 Å². The second-order valence-corrected chi connectivity index (χ2v) is 5.53. The molecule has 0 radical (unpaired) electrons. The number of nitrogens with one attached hydrogen (secondary N) is 1. The highest BCUT2D eigenvalue weighted by Gasteiger charge is 2.13. The number of aromatic nitrogens is 4. The van der Waals surface area contributed by atoms with E-state index in [1.54, 1.807) is 31.2 Å². The predicted octanol–water partition coefficient (Wildman–Crippen LogP) is 3.86. The number of nitrogens with zero attached hydrogens (tertiary/aromatic N) is 5. The Labute approximate surface area is 146 Å².